The van der Waals surface area contributed by atoms with Crippen molar-refractivity contribution < 1.29 is 0 Å². The highest BCUT2D eigenvalue weighted by atomic mass is 79.9. The summed E-state index contributed by atoms with van der Waals surface area (Å²) in [7, 11) is 0. The summed E-state index contributed by atoms with van der Waals surface area (Å²) in [5.41, 5.74) is 0. The first kappa shape index (κ1) is 11.6. The zero-order valence-corrected chi connectivity index (χ0v) is 10.3. The third-order valence-corrected chi connectivity index (χ3v) is 3.14. The quantitative estimate of drug-likeness (QED) is 0.636. The number of hydrogen-bond donors (Lipinski definition) is 1. The van der Waals surface area contributed by atoms with Gasteiger partial charge in [0.2, 0.25) is 0 Å². The summed E-state index contributed by atoms with van der Waals surface area (Å²) in [6.07, 6.45) is 3.70. The second-order valence-electron chi connectivity index (χ2n) is 2.62. The minimum absolute atomic E-state index is 0.909. The molecule has 0 saturated carbocycles. The fraction of sp³-hybridized carbons (Fsp3) is 0.300. The van der Waals surface area contributed by atoms with Gasteiger partial charge in [-0.25, -0.2) is 4.98 Å². The van der Waals surface area contributed by atoms with Gasteiger partial charge in [-0.15, -0.1) is 6.58 Å². The molecule has 0 saturated heterocycles. The van der Waals surface area contributed by atoms with Crippen LogP contribution in [-0.4, -0.2) is 23.0 Å². The number of thioether (sulfide) groups is 1. The van der Waals surface area contributed by atoms with Crippen LogP contribution in [0.1, 0.15) is 0 Å². The Labute approximate surface area is 97.3 Å². The molecule has 0 atom stereocenters. The van der Waals surface area contributed by atoms with Crippen LogP contribution in [0.4, 0.5) is 5.82 Å². The Balaban J connectivity index is 2.24. The van der Waals surface area contributed by atoms with Crippen LogP contribution < -0.4 is 5.32 Å². The van der Waals surface area contributed by atoms with Crippen LogP contribution in [0.3, 0.4) is 0 Å². The molecule has 4 heteroatoms. The van der Waals surface area contributed by atoms with E-state index in [-0.39, 0.29) is 0 Å². The van der Waals surface area contributed by atoms with Crippen LogP contribution in [-0.2, 0) is 0 Å². The molecule has 1 N–H and O–H groups in total. The van der Waals surface area contributed by atoms with Crippen LogP contribution in [0.15, 0.2) is 35.5 Å². The van der Waals surface area contributed by atoms with Gasteiger partial charge in [0.05, 0.1) is 4.47 Å². The van der Waals surface area contributed by atoms with E-state index in [4.69, 9.17) is 0 Å². The van der Waals surface area contributed by atoms with Crippen LogP contribution in [0.25, 0.3) is 0 Å². The van der Waals surface area contributed by atoms with Gasteiger partial charge in [-0.2, -0.15) is 11.8 Å². The van der Waals surface area contributed by atoms with Gasteiger partial charge in [0, 0.05) is 24.2 Å². The van der Waals surface area contributed by atoms with Crippen molar-refractivity contribution in [3.63, 3.8) is 0 Å². The van der Waals surface area contributed by atoms with Crippen molar-refractivity contribution in [3.05, 3.63) is 35.5 Å². The second kappa shape index (κ2) is 6.90. The van der Waals surface area contributed by atoms with Gasteiger partial charge in [0.15, 0.2) is 0 Å². The first-order valence-corrected chi connectivity index (χ1v) is 6.32. The van der Waals surface area contributed by atoms with Crippen molar-refractivity contribution in [3.8, 4) is 0 Å². The number of anilines is 1. The minimum atomic E-state index is 0.909. The average molecular weight is 273 g/mol. The smallest absolute Gasteiger partial charge is 0.140 e. The Morgan fingerprint density at radius 2 is 2.50 bits per heavy atom. The summed E-state index contributed by atoms with van der Waals surface area (Å²) in [5.74, 6) is 2.98. The molecule has 0 radical (unpaired) electrons. The van der Waals surface area contributed by atoms with E-state index in [0.29, 0.717) is 0 Å². The fourth-order valence-corrected chi connectivity index (χ4v) is 1.90. The Morgan fingerprint density at radius 1 is 1.64 bits per heavy atom. The van der Waals surface area contributed by atoms with Gasteiger partial charge < -0.3 is 5.32 Å². The molecule has 14 heavy (non-hydrogen) atoms. The number of aromatic nitrogens is 1. The van der Waals surface area contributed by atoms with E-state index in [9.17, 15) is 0 Å². The maximum atomic E-state index is 4.21. The molecule has 0 fully saturated rings. The van der Waals surface area contributed by atoms with Crippen molar-refractivity contribution >= 4 is 33.5 Å². The molecule has 2 nitrogen and oxygen atoms in total. The number of rotatable bonds is 6. The fourth-order valence-electron chi connectivity index (χ4n) is 0.924. The van der Waals surface area contributed by atoms with Crippen LogP contribution in [0.2, 0.25) is 0 Å². The molecule has 1 aromatic heterocycles. The maximum absolute atomic E-state index is 4.21. The topological polar surface area (TPSA) is 24.9 Å². The predicted molar refractivity (Wildman–Crippen MR) is 67.9 cm³/mol. The van der Waals surface area contributed by atoms with Gasteiger partial charge in [-0.05, 0) is 28.1 Å². The number of nitrogens with zero attached hydrogens (tertiary/aromatic N) is 1. The first-order valence-electron chi connectivity index (χ1n) is 4.37. The SMILES string of the molecule is C=CCSCCNc1ncccc1Br. The van der Waals surface area contributed by atoms with E-state index in [0.717, 1.165) is 28.3 Å². The molecule has 0 unspecified atom stereocenters. The molecule has 1 aromatic rings. The van der Waals surface area contributed by atoms with Gasteiger partial charge in [-0.3, -0.25) is 0 Å². The monoisotopic (exact) mass is 272 g/mol. The number of nitrogens with one attached hydrogen (secondary N) is 1. The Kier molecular flexibility index (Phi) is 5.71. The molecule has 0 aliphatic carbocycles. The van der Waals surface area contributed by atoms with Crippen molar-refractivity contribution in [1.29, 1.82) is 0 Å². The molecule has 0 aliphatic heterocycles. The molecule has 1 heterocycles. The van der Waals surface area contributed by atoms with Gasteiger partial charge in [0.25, 0.3) is 0 Å². The van der Waals surface area contributed by atoms with Gasteiger partial charge in [-0.1, -0.05) is 6.08 Å². The summed E-state index contributed by atoms with van der Waals surface area (Å²) >= 11 is 5.29. The molecule has 76 valence electrons. The lowest BCUT2D eigenvalue weighted by atomic mass is 10.4. The lowest BCUT2D eigenvalue weighted by Crippen LogP contribution is -2.06. The van der Waals surface area contributed by atoms with E-state index in [1.165, 1.54) is 0 Å². The molecule has 0 aromatic carbocycles. The van der Waals surface area contributed by atoms with E-state index in [1.807, 2.05) is 30.0 Å². The zero-order chi connectivity index (χ0) is 10.2. The van der Waals surface area contributed by atoms with Crippen molar-refractivity contribution in [2.75, 3.05) is 23.4 Å². The molecule has 1 rings (SSSR count). The predicted octanol–water partition coefficient (Wildman–Crippen LogP) is 3.18. The largest absolute Gasteiger partial charge is 0.368 e. The minimum Gasteiger partial charge on any atom is -0.368 e. The molecular formula is C10H13BrN2S. The summed E-state index contributed by atoms with van der Waals surface area (Å²) < 4.78 is 1.01. The second-order valence-corrected chi connectivity index (χ2v) is 4.63. The Bertz CT molecular complexity index is 291. The van der Waals surface area contributed by atoms with Crippen molar-refractivity contribution in [2.45, 2.75) is 0 Å². The molecule has 0 aliphatic rings. The molecule has 0 spiro atoms. The lowest BCUT2D eigenvalue weighted by Gasteiger charge is -2.05. The Morgan fingerprint density at radius 3 is 3.21 bits per heavy atom. The number of pyridine rings is 1. The molecule has 0 amide bonds. The average Bonchev–Trinajstić information content (AvgIpc) is 2.20. The summed E-state index contributed by atoms with van der Waals surface area (Å²) in [6.45, 7) is 4.59. The summed E-state index contributed by atoms with van der Waals surface area (Å²) in [5, 5.41) is 3.26. The standard InChI is InChI=1S/C10H13BrN2S/c1-2-7-14-8-6-13-10-9(11)4-3-5-12-10/h2-5H,1,6-8H2,(H,12,13). The highest BCUT2D eigenvalue weighted by Crippen LogP contribution is 2.17. The van der Waals surface area contributed by atoms with Gasteiger partial charge in [0.1, 0.15) is 5.82 Å². The van der Waals surface area contributed by atoms with Crippen LogP contribution in [0.5, 0.6) is 0 Å². The Hall–Kier alpha value is -0.480. The number of halogens is 1. The highest BCUT2D eigenvalue weighted by molar-refractivity contribution is 9.10. The van der Waals surface area contributed by atoms with E-state index in [2.05, 4.69) is 32.8 Å². The first-order chi connectivity index (χ1) is 6.84. The maximum Gasteiger partial charge on any atom is 0.140 e. The van der Waals surface area contributed by atoms with E-state index in [1.54, 1.807) is 6.20 Å². The molecular weight excluding hydrogens is 260 g/mol. The van der Waals surface area contributed by atoms with E-state index >= 15 is 0 Å². The third-order valence-electron chi connectivity index (χ3n) is 1.53. The summed E-state index contributed by atoms with van der Waals surface area (Å²) in [6, 6.07) is 3.88. The van der Waals surface area contributed by atoms with Gasteiger partial charge >= 0.3 is 0 Å². The lowest BCUT2D eigenvalue weighted by molar-refractivity contribution is 1.16. The summed E-state index contributed by atoms with van der Waals surface area (Å²) in [4.78, 5) is 4.21. The van der Waals surface area contributed by atoms with Crippen molar-refractivity contribution in [1.82, 2.24) is 4.98 Å². The third kappa shape index (κ3) is 4.15. The molecule has 0 bridgehead atoms. The van der Waals surface area contributed by atoms with Crippen molar-refractivity contribution in [2.24, 2.45) is 0 Å². The van der Waals surface area contributed by atoms with Crippen LogP contribution in [0, 0.1) is 0 Å². The zero-order valence-electron chi connectivity index (χ0n) is 7.87. The van der Waals surface area contributed by atoms with Crippen LogP contribution >= 0.6 is 27.7 Å². The number of hydrogen-bond acceptors (Lipinski definition) is 3. The highest BCUT2D eigenvalue weighted by Gasteiger charge is 1.97. The van der Waals surface area contributed by atoms with E-state index < -0.39 is 0 Å². The normalized spacial score (nSPS) is 9.79.